The molecule has 9 heteroatoms. The molecular formula is C38H41NO7S. The maximum Gasteiger partial charge on any atom is 0.303 e. The van der Waals surface area contributed by atoms with Crippen molar-refractivity contribution in [2.24, 2.45) is 0 Å². The van der Waals surface area contributed by atoms with Crippen molar-refractivity contribution in [1.82, 2.24) is 5.32 Å². The first kappa shape index (κ1) is 34.2. The second kappa shape index (κ2) is 17.1. The smallest absolute Gasteiger partial charge is 0.303 e. The highest BCUT2D eigenvalue weighted by atomic mass is 32.2. The highest BCUT2D eigenvalue weighted by Gasteiger charge is 2.32. The van der Waals surface area contributed by atoms with E-state index in [4.69, 9.17) is 19.3 Å². The van der Waals surface area contributed by atoms with Gasteiger partial charge in [-0.05, 0) is 58.9 Å². The molecule has 0 radical (unpaired) electrons. The lowest BCUT2D eigenvalue weighted by molar-refractivity contribution is -0.245. The van der Waals surface area contributed by atoms with E-state index >= 15 is 0 Å². The van der Waals surface area contributed by atoms with Crippen LogP contribution in [0.5, 0.6) is 5.75 Å². The third kappa shape index (κ3) is 9.92. The van der Waals surface area contributed by atoms with Crippen LogP contribution in [-0.4, -0.2) is 41.1 Å². The summed E-state index contributed by atoms with van der Waals surface area (Å²) in [5, 5.41) is 21.2. The number of nitrogens with one attached hydrogen (secondary N) is 1. The number of benzene rings is 4. The Labute approximate surface area is 280 Å². The maximum atomic E-state index is 12.2. The Morgan fingerprint density at radius 1 is 0.851 bits per heavy atom. The van der Waals surface area contributed by atoms with Gasteiger partial charge in [-0.15, -0.1) is 11.8 Å². The topological polar surface area (TPSA) is 114 Å². The van der Waals surface area contributed by atoms with Crippen molar-refractivity contribution in [2.45, 2.75) is 68.6 Å². The van der Waals surface area contributed by atoms with Crippen LogP contribution < -0.4 is 10.1 Å². The first-order valence-corrected chi connectivity index (χ1v) is 16.8. The second-order valence-electron chi connectivity index (χ2n) is 11.5. The monoisotopic (exact) mass is 655 g/mol. The molecular weight excluding hydrogens is 614 g/mol. The molecule has 0 unspecified atom stereocenters. The Morgan fingerprint density at radius 2 is 1.60 bits per heavy atom. The zero-order valence-corrected chi connectivity index (χ0v) is 27.3. The van der Waals surface area contributed by atoms with Gasteiger partial charge in [0.05, 0.1) is 25.9 Å². The average Bonchev–Trinajstić information content (AvgIpc) is 3.11. The number of aliphatic hydroxyl groups excluding tert-OH is 1. The molecule has 0 aliphatic carbocycles. The average molecular weight is 656 g/mol. The fraction of sp³-hybridized carbons (Fsp3) is 0.316. The molecule has 246 valence electrons. The molecule has 1 aliphatic rings. The number of aliphatic hydroxyl groups is 1. The summed E-state index contributed by atoms with van der Waals surface area (Å²) in [5.41, 5.74) is 5.87. The summed E-state index contributed by atoms with van der Waals surface area (Å²) in [6.07, 6.45) is 1.33. The molecule has 1 amide bonds. The number of carboxylic acid groups (broad SMARTS) is 1. The van der Waals surface area contributed by atoms with Crippen LogP contribution in [0, 0.1) is 0 Å². The van der Waals surface area contributed by atoms with Crippen molar-refractivity contribution >= 4 is 23.6 Å². The molecule has 1 heterocycles. The molecule has 5 rings (SSSR count). The second-order valence-corrected chi connectivity index (χ2v) is 12.6. The van der Waals surface area contributed by atoms with Crippen LogP contribution in [-0.2, 0) is 32.2 Å². The van der Waals surface area contributed by atoms with Crippen LogP contribution in [0.1, 0.15) is 66.8 Å². The quantitative estimate of drug-likeness (QED) is 0.0894. The van der Waals surface area contributed by atoms with Gasteiger partial charge in [-0.3, -0.25) is 9.59 Å². The van der Waals surface area contributed by atoms with Gasteiger partial charge in [-0.1, -0.05) is 78.9 Å². The van der Waals surface area contributed by atoms with Crippen LogP contribution in [0.2, 0.25) is 0 Å². The lowest BCUT2D eigenvalue weighted by atomic mass is 9.99. The minimum atomic E-state index is -0.841. The number of carbonyl (C=O) groups is 2. The molecule has 1 fully saturated rings. The maximum absolute atomic E-state index is 12.2. The number of para-hydroxylation sites is 1. The number of carboxylic acids is 1. The molecule has 1 aliphatic heterocycles. The van der Waals surface area contributed by atoms with Gasteiger partial charge in [-0.25, -0.2) is 0 Å². The molecule has 0 saturated carbocycles. The van der Waals surface area contributed by atoms with Crippen molar-refractivity contribution in [3.05, 3.63) is 119 Å². The Kier molecular flexibility index (Phi) is 12.5. The summed E-state index contributed by atoms with van der Waals surface area (Å²) in [6.45, 7) is 0.401. The van der Waals surface area contributed by atoms with E-state index in [0.717, 1.165) is 49.8 Å². The number of ether oxygens (including phenoxy) is 3. The number of hydrogen-bond donors (Lipinski definition) is 3. The number of unbranched alkanes of at least 4 members (excludes halogenated alkanes) is 1. The van der Waals surface area contributed by atoms with Crippen LogP contribution >= 0.6 is 11.8 Å². The SMILES string of the molecule is COc1ccccc1SC[C@@H]1C[C@H](c2ccc(CO)cc2)O[C@H](c2ccc(-c3cccc(CNC(=O)CCCCC(=O)O)c3)cc2)O1. The molecule has 0 aromatic heterocycles. The lowest BCUT2D eigenvalue weighted by Crippen LogP contribution is -2.31. The summed E-state index contributed by atoms with van der Waals surface area (Å²) >= 11 is 1.70. The van der Waals surface area contributed by atoms with Crippen LogP contribution in [0.3, 0.4) is 0 Å². The predicted molar refractivity (Wildman–Crippen MR) is 182 cm³/mol. The van der Waals surface area contributed by atoms with E-state index in [1.807, 2.05) is 72.8 Å². The van der Waals surface area contributed by atoms with Crippen molar-refractivity contribution in [3.8, 4) is 16.9 Å². The van der Waals surface area contributed by atoms with Gasteiger partial charge in [0, 0.05) is 42.0 Å². The highest BCUT2D eigenvalue weighted by Crippen LogP contribution is 2.40. The zero-order chi connectivity index (χ0) is 33.0. The lowest BCUT2D eigenvalue weighted by Gasteiger charge is -2.36. The molecule has 3 N–H and O–H groups in total. The minimum absolute atomic E-state index is 0.00418. The van der Waals surface area contributed by atoms with Crippen molar-refractivity contribution in [3.63, 3.8) is 0 Å². The first-order chi connectivity index (χ1) is 22.9. The van der Waals surface area contributed by atoms with E-state index in [0.29, 0.717) is 32.2 Å². The summed E-state index contributed by atoms with van der Waals surface area (Å²) in [6, 6.07) is 32.1. The molecule has 47 heavy (non-hydrogen) atoms. The molecule has 4 aromatic rings. The summed E-state index contributed by atoms with van der Waals surface area (Å²) in [7, 11) is 1.68. The number of carbonyl (C=O) groups excluding carboxylic acids is 1. The van der Waals surface area contributed by atoms with Crippen LogP contribution in [0.25, 0.3) is 11.1 Å². The molecule has 0 spiro atoms. The highest BCUT2D eigenvalue weighted by molar-refractivity contribution is 7.99. The Bertz CT molecular complexity index is 1610. The summed E-state index contributed by atoms with van der Waals surface area (Å²) in [5.74, 6) is 0.647. The summed E-state index contributed by atoms with van der Waals surface area (Å²) < 4.78 is 18.6. The van der Waals surface area contributed by atoms with Crippen molar-refractivity contribution in [2.75, 3.05) is 12.9 Å². The normalized spacial score (nSPS) is 17.6. The number of aliphatic carboxylic acids is 1. The fourth-order valence-electron chi connectivity index (χ4n) is 5.49. The summed E-state index contributed by atoms with van der Waals surface area (Å²) in [4.78, 5) is 23.9. The predicted octanol–water partition coefficient (Wildman–Crippen LogP) is 7.45. The third-order valence-corrected chi connectivity index (χ3v) is 9.27. The molecule has 8 nitrogen and oxygen atoms in total. The number of hydrogen-bond acceptors (Lipinski definition) is 7. The Hall–Kier alpha value is -4.15. The van der Waals surface area contributed by atoms with Crippen LogP contribution in [0.4, 0.5) is 0 Å². The third-order valence-electron chi connectivity index (χ3n) is 8.09. The van der Waals surface area contributed by atoms with E-state index in [1.165, 1.54) is 0 Å². The van der Waals surface area contributed by atoms with E-state index in [9.17, 15) is 14.7 Å². The molecule has 0 bridgehead atoms. The molecule has 3 atom stereocenters. The Balaban J connectivity index is 1.25. The number of methoxy groups -OCH3 is 1. The zero-order valence-electron chi connectivity index (χ0n) is 26.5. The first-order valence-electron chi connectivity index (χ1n) is 15.9. The number of amides is 1. The van der Waals surface area contributed by atoms with Crippen LogP contribution in [0.15, 0.2) is 102 Å². The molecule has 1 saturated heterocycles. The van der Waals surface area contributed by atoms with Crippen molar-refractivity contribution in [1.29, 1.82) is 0 Å². The van der Waals surface area contributed by atoms with E-state index in [2.05, 4.69) is 29.6 Å². The molecule has 4 aromatic carbocycles. The van der Waals surface area contributed by atoms with Gasteiger partial charge in [0.2, 0.25) is 5.91 Å². The van der Waals surface area contributed by atoms with Gasteiger partial charge in [0.15, 0.2) is 6.29 Å². The van der Waals surface area contributed by atoms with Gasteiger partial charge in [0.1, 0.15) is 5.75 Å². The number of rotatable bonds is 15. The minimum Gasteiger partial charge on any atom is -0.496 e. The van der Waals surface area contributed by atoms with Gasteiger partial charge in [0.25, 0.3) is 0 Å². The Morgan fingerprint density at radius 3 is 2.34 bits per heavy atom. The van der Waals surface area contributed by atoms with E-state index < -0.39 is 12.3 Å². The fourth-order valence-corrected chi connectivity index (χ4v) is 6.54. The number of thioether (sulfide) groups is 1. The van der Waals surface area contributed by atoms with E-state index in [-0.39, 0.29) is 31.1 Å². The van der Waals surface area contributed by atoms with Gasteiger partial charge < -0.3 is 29.7 Å². The van der Waals surface area contributed by atoms with E-state index in [1.54, 1.807) is 18.9 Å². The van der Waals surface area contributed by atoms with Crippen molar-refractivity contribution < 1.29 is 34.0 Å². The standard InChI is InChI=1S/C38H41NO7S/c1-44-33-9-2-3-10-35(33)47-25-32-22-34(29-15-13-26(24-40)14-16-29)46-38(45-32)30-19-17-28(18-20-30)31-8-6-7-27(21-31)23-39-36(41)11-4-5-12-37(42)43/h2-3,6-10,13-21,32,34,38,40H,4-5,11-12,22-25H2,1H3,(H,39,41)(H,42,43)/t32-,34+,38+/m0/s1. The largest absolute Gasteiger partial charge is 0.496 e. The van der Waals surface area contributed by atoms with Gasteiger partial charge >= 0.3 is 5.97 Å². The van der Waals surface area contributed by atoms with Gasteiger partial charge in [-0.2, -0.15) is 0 Å².